The van der Waals surface area contributed by atoms with Gasteiger partial charge >= 0.3 is 13.6 Å². The van der Waals surface area contributed by atoms with Crippen molar-refractivity contribution in [3.63, 3.8) is 0 Å². The first kappa shape index (κ1) is 47.6. The van der Waals surface area contributed by atoms with Gasteiger partial charge < -0.3 is 13.8 Å². The van der Waals surface area contributed by atoms with Crippen molar-refractivity contribution in [1.82, 2.24) is 0 Å². The Hall–Kier alpha value is -0.380. The smallest absolute Gasteiger partial charge is 0.344 e. The first-order valence-corrected chi connectivity index (χ1v) is 23.2. The van der Waals surface area contributed by atoms with Crippen molar-refractivity contribution in [3.8, 4) is 0 Å². The van der Waals surface area contributed by atoms with Crippen molar-refractivity contribution in [2.24, 2.45) is 0 Å². The van der Waals surface area contributed by atoms with E-state index in [2.05, 4.69) is 13.8 Å². The highest BCUT2D eigenvalue weighted by molar-refractivity contribution is 7.55. The zero-order chi connectivity index (χ0) is 35.2. The second kappa shape index (κ2) is 37.9. The molecule has 0 aromatic rings. The largest absolute Gasteiger partial charge is 0.465 e. The summed E-state index contributed by atoms with van der Waals surface area (Å²) in [6, 6.07) is 0. The molecule has 0 radical (unpaired) electrons. The average molecular weight is 701 g/mol. The molecule has 5 nitrogen and oxygen atoms in total. The summed E-state index contributed by atoms with van der Waals surface area (Å²) >= 11 is 0. The number of carbonyl (C=O) groups excluding carboxylic acids is 1. The van der Waals surface area contributed by atoms with Gasteiger partial charge in [-0.3, -0.25) is 9.36 Å². The van der Waals surface area contributed by atoms with Crippen LogP contribution < -0.4 is 0 Å². The maximum atomic E-state index is 13.8. The predicted octanol–water partition coefficient (Wildman–Crippen LogP) is 15.1. The molecular formula is C42H85O5P. The molecule has 0 spiro atoms. The minimum Gasteiger partial charge on any atom is -0.465 e. The molecule has 0 aliphatic rings. The number of unbranched alkanes of at least 4 members (excludes halogenated alkanes) is 30. The molecule has 0 saturated heterocycles. The van der Waals surface area contributed by atoms with E-state index in [4.69, 9.17) is 13.8 Å². The second-order valence-corrected chi connectivity index (χ2v) is 16.7. The molecule has 0 rings (SSSR count). The van der Waals surface area contributed by atoms with Gasteiger partial charge in [-0.1, -0.05) is 213 Å². The third-order valence-electron chi connectivity index (χ3n) is 9.87. The molecule has 0 bridgehead atoms. The van der Waals surface area contributed by atoms with E-state index in [9.17, 15) is 9.36 Å². The molecule has 48 heavy (non-hydrogen) atoms. The summed E-state index contributed by atoms with van der Waals surface area (Å²) in [5, 5.41) is 0. The fourth-order valence-electron chi connectivity index (χ4n) is 6.66. The molecule has 0 aliphatic heterocycles. The van der Waals surface area contributed by atoms with Gasteiger partial charge in [-0.15, -0.1) is 0 Å². The van der Waals surface area contributed by atoms with Crippen LogP contribution in [0.25, 0.3) is 0 Å². The van der Waals surface area contributed by atoms with E-state index in [1.54, 1.807) is 6.92 Å². The van der Waals surface area contributed by atoms with Crippen molar-refractivity contribution in [3.05, 3.63) is 0 Å². The number of ether oxygens (including phenoxy) is 1. The summed E-state index contributed by atoms with van der Waals surface area (Å²) in [7, 11) is -3.57. The van der Waals surface area contributed by atoms with E-state index < -0.39 is 19.2 Å². The van der Waals surface area contributed by atoms with Gasteiger partial charge in [0.1, 0.15) is 0 Å². The molecule has 0 fully saturated rings. The molecule has 0 amide bonds. The molecule has 0 heterocycles. The van der Waals surface area contributed by atoms with Crippen molar-refractivity contribution in [1.29, 1.82) is 0 Å². The van der Waals surface area contributed by atoms with Crippen LogP contribution in [0.3, 0.4) is 0 Å². The van der Waals surface area contributed by atoms with Crippen LogP contribution in [-0.4, -0.2) is 31.4 Å². The van der Waals surface area contributed by atoms with Gasteiger partial charge in [-0.05, 0) is 26.2 Å². The third-order valence-corrected chi connectivity index (χ3v) is 12.3. The van der Waals surface area contributed by atoms with Crippen LogP contribution in [0.2, 0.25) is 0 Å². The molecule has 0 aromatic heterocycles. The fourth-order valence-corrected chi connectivity index (χ4v) is 8.64. The lowest BCUT2D eigenvalue weighted by molar-refractivity contribution is -0.143. The van der Waals surface area contributed by atoms with Crippen LogP contribution in [0.15, 0.2) is 0 Å². The van der Waals surface area contributed by atoms with Crippen LogP contribution >= 0.6 is 7.60 Å². The van der Waals surface area contributed by atoms with Crippen molar-refractivity contribution in [2.75, 3.05) is 19.8 Å². The summed E-state index contributed by atoms with van der Waals surface area (Å²) in [6.45, 7) is 9.24. The Morgan fingerprint density at radius 2 is 0.667 bits per heavy atom. The Bertz CT molecular complexity index is 658. The minimum atomic E-state index is -3.57. The van der Waals surface area contributed by atoms with E-state index in [1.165, 1.54) is 180 Å². The van der Waals surface area contributed by atoms with Gasteiger partial charge in [0.25, 0.3) is 0 Å². The molecule has 0 aliphatic carbocycles. The molecular weight excluding hydrogens is 615 g/mol. The standard InChI is InChI=1S/C42H85O5P/c1-5-9-11-13-15-17-19-21-23-25-27-29-31-33-35-37-39-46-48(44,41(7-3)42(43)45-8-4)47-40-38-36-34-32-30-28-26-24-22-20-18-16-14-12-10-6-2/h41H,5-40H2,1-4H3. The van der Waals surface area contributed by atoms with Crippen LogP contribution in [0.4, 0.5) is 0 Å². The van der Waals surface area contributed by atoms with E-state index >= 15 is 0 Å². The zero-order valence-electron chi connectivity index (χ0n) is 33.0. The Labute approximate surface area is 301 Å². The van der Waals surface area contributed by atoms with Crippen LogP contribution in [0, 0.1) is 0 Å². The number of rotatable bonds is 40. The summed E-state index contributed by atoms with van der Waals surface area (Å²) < 4.78 is 30.9. The highest BCUT2D eigenvalue weighted by Gasteiger charge is 2.41. The third kappa shape index (κ3) is 30.4. The monoisotopic (exact) mass is 701 g/mol. The Morgan fingerprint density at radius 3 is 0.896 bits per heavy atom. The van der Waals surface area contributed by atoms with Gasteiger partial charge in [0, 0.05) is 0 Å². The lowest BCUT2D eigenvalue weighted by Gasteiger charge is -2.25. The number of hydrogen-bond acceptors (Lipinski definition) is 5. The summed E-state index contributed by atoms with van der Waals surface area (Å²) in [4.78, 5) is 12.6. The quantitative estimate of drug-likeness (QED) is 0.0362. The highest BCUT2D eigenvalue weighted by Crippen LogP contribution is 2.55. The van der Waals surface area contributed by atoms with Crippen LogP contribution in [-0.2, 0) is 23.1 Å². The summed E-state index contributed by atoms with van der Waals surface area (Å²) in [5.74, 6) is -0.456. The molecule has 1 atom stereocenters. The Kier molecular flexibility index (Phi) is 37.6. The first-order chi connectivity index (χ1) is 23.6. The lowest BCUT2D eigenvalue weighted by atomic mass is 10.0. The average Bonchev–Trinajstić information content (AvgIpc) is 3.08. The highest BCUT2D eigenvalue weighted by atomic mass is 31.2. The van der Waals surface area contributed by atoms with E-state index in [0.717, 1.165) is 25.7 Å². The van der Waals surface area contributed by atoms with Crippen molar-refractivity contribution < 1.29 is 23.1 Å². The predicted molar refractivity (Wildman–Crippen MR) is 209 cm³/mol. The van der Waals surface area contributed by atoms with Crippen LogP contribution in [0.1, 0.15) is 240 Å². The molecule has 6 heteroatoms. The van der Waals surface area contributed by atoms with E-state index in [-0.39, 0.29) is 6.61 Å². The summed E-state index contributed by atoms with van der Waals surface area (Å²) in [6.07, 6.45) is 42.4. The SMILES string of the molecule is CCCCCCCCCCCCCCCCCCOP(=O)(OCCCCCCCCCCCCCCCCCC)C(CC)C(=O)OCC. The van der Waals surface area contributed by atoms with Gasteiger partial charge in [-0.25, -0.2) is 0 Å². The summed E-state index contributed by atoms with van der Waals surface area (Å²) in [5.41, 5.74) is -0.834. The maximum Gasteiger partial charge on any atom is 0.344 e. The fraction of sp³-hybridized carbons (Fsp3) is 0.976. The van der Waals surface area contributed by atoms with E-state index in [1.807, 2.05) is 6.92 Å². The molecule has 0 aromatic carbocycles. The molecule has 0 N–H and O–H groups in total. The number of carbonyl (C=O) groups is 1. The first-order valence-electron chi connectivity index (χ1n) is 21.6. The van der Waals surface area contributed by atoms with Crippen LogP contribution in [0.5, 0.6) is 0 Å². The van der Waals surface area contributed by atoms with Gasteiger partial charge in [0.05, 0.1) is 19.8 Å². The lowest BCUT2D eigenvalue weighted by Crippen LogP contribution is -2.25. The topological polar surface area (TPSA) is 61.8 Å². The van der Waals surface area contributed by atoms with Crippen molar-refractivity contribution >= 4 is 13.6 Å². The Balaban J connectivity index is 4.01. The maximum absolute atomic E-state index is 13.8. The van der Waals surface area contributed by atoms with Gasteiger partial charge in [0.15, 0.2) is 5.66 Å². The molecule has 1 unspecified atom stereocenters. The van der Waals surface area contributed by atoms with Gasteiger partial charge in [-0.2, -0.15) is 0 Å². The Morgan fingerprint density at radius 1 is 0.417 bits per heavy atom. The number of hydrogen-bond donors (Lipinski definition) is 0. The van der Waals surface area contributed by atoms with Crippen molar-refractivity contribution in [2.45, 2.75) is 245 Å². The zero-order valence-corrected chi connectivity index (χ0v) is 33.9. The minimum absolute atomic E-state index is 0.271. The number of esters is 1. The van der Waals surface area contributed by atoms with E-state index in [0.29, 0.717) is 19.6 Å². The van der Waals surface area contributed by atoms with Gasteiger partial charge in [0.2, 0.25) is 0 Å². The normalized spacial score (nSPS) is 12.5. The molecule has 288 valence electrons. The second-order valence-electron chi connectivity index (χ2n) is 14.5. The molecule has 0 saturated carbocycles.